The summed E-state index contributed by atoms with van der Waals surface area (Å²) in [6.07, 6.45) is 8.01. The Balaban J connectivity index is 1.75. The number of aliphatic hydroxyl groups is 1. The molecule has 1 aromatic heterocycles. The number of carbonyl (C=O) groups excluding carboxylic acids is 2. The molecule has 9 heteroatoms. The Morgan fingerprint density at radius 1 is 1.31 bits per heavy atom. The van der Waals surface area contributed by atoms with Gasteiger partial charge < -0.3 is 19.6 Å². The normalized spacial score (nSPS) is 24.9. The van der Waals surface area contributed by atoms with E-state index in [4.69, 9.17) is 4.74 Å². The molecule has 0 radical (unpaired) electrons. The molecule has 0 saturated heterocycles. The molecule has 2 aliphatic rings. The summed E-state index contributed by atoms with van der Waals surface area (Å²) in [5.41, 5.74) is 0.745. The number of hydrogen-bond acceptors (Lipinski definition) is 6. The zero-order valence-corrected chi connectivity index (χ0v) is 19.8. The molecule has 1 fully saturated rings. The van der Waals surface area contributed by atoms with Crippen molar-refractivity contribution < 1.29 is 19.4 Å². The second-order valence-corrected chi connectivity index (χ2v) is 9.53. The number of rotatable bonds is 5. The van der Waals surface area contributed by atoms with E-state index >= 15 is 0 Å². The summed E-state index contributed by atoms with van der Waals surface area (Å²) in [4.78, 5) is 29.5. The molecule has 3 rings (SSSR count). The Labute approximate surface area is 191 Å². The molecule has 2 bridgehead atoms. The van der Waals surface area contributed by atoms with Gasteiger partial charge in [-0.1, -0.05) is 31.4 Å². The van der Waals surface area contributed by atoms with Crippen molar-refractivity contribution in [3.8, 4) is 0 Å². The zero-order chi connectivity index (χ0) is 23.1. The van der Waals surface area contributed by atoms with Crippen molar-refractivity contribution in [2.75, 3.05) is 26.7 Å². The summed E-state index contributed by atoms with van der Waals surface area (Å²) in [6, 6.07) is -0.269. The summed E-state index contributed by atoms with van der Waals surface area (Å²) in [5.74, 6) is 0.283. The van der Waals surface area contributed by atoms with E-state index in [1.54, 1.807) is 14.5 Å². The number of aliphatic hydroxyl groups excluding tert-OH is 1. The Kier molecular flexibility index (Phi) is 9.04. The molecule has 0 aromatic carbocycles. The third kappa shape index (κ3) is 6.51. The first kappa shape index (κ1) is 24.6. The topological polar surface area (TPSA) is 101 Å². The van der Waals surface area contributed by atoms with Gasteiger partial charge in [0, 0.05) is 44.9 Å². The van der Waals surface area contributed by atoms with Gasteiger partial charge in [0.05, 0.1) is 31.6 Å². The lowest BCUT2D eigenvalue weighted by Gasteiger charge is -2.36. The number of hydrogen-bond donors (Lipinski definition) is 1. The van der Waals surface area contributed by atoms with Crippen molar-refractivity contribution in [3.05, 3.63) is 11.9 Å². The maximum absolute atomic E-state index is 13.0. The Morgan fingerprint density at radius 2 is 2.06 bits per heavy atom. The molecule has 1 aliphatic heterocycles. The van der Waals surface area contributed by atoms with Gasteiger partial charge >= 0.3 is 0 Å². The van der Waals surface area contributed by atoms with Crippen LogP contribution in [0.15, 0.2) is 6.20 Å². The molecule has 2 heterocycles. The summed E-state index contributed by atoms with van der Waals surface area (Å²) in [6.45, 7) is 5.67. The minimum Gasteiger partial charge on any atom is -0.394 e. The molecule has 1 aromatic rings. The standard InChI is InChI=1S/C23H39N5O4/c1-17-12-28(18(2)15-29)22(30)10-7-11-27-13-20(24-25-27)16-32-21(17)14-26(3)23(31)19-8-5-4-6-9-19/h13,17-19,21,29H,4-12,14-16H2,1-3H3/t17-,18-,21-/m1/s1. The Bertz CT molecular complexity index is 749. The highest BCUT2D eigenvalue weighted by molar-refractivity contribution is 5.78. The van der Waals surface area contributed by atoms with Crippen LogP contribution in [0.3, 0.4) is 0 Å². The number of amides is 2. The number of nitrogens with zero attached hydrogens (tertiary/aromatic N) is 5. The van der Waals surface area contributed by atoms with Crippen molar-refractivity contribution in [1.29, 1.82) is 0 Å². The Hall–Kier alpha value is -2.00. The summed E-state index contributed by atoms with van der Waals surface area (Å²) >= 11 is 0. The van der Waals surface area contributed by atoms with E-state index in [2.05, 4.69) is 10.3 Å². The van der Waals surface area contributed by atoms with Crippen LogP contribution in [0.25, 0.3) is 0 Å². The molecule has 1 saturated carbocycles. The molecular weight excluding hydrogens is 410 g/mol. The highest BCUT2D eigenvalue weighted by atomic mass is 16.5. The summed E-state index contributed by atoms with van der Waals surface area (Å²) < 4.78 is 8.00. The maximum Gasteiger partial charge on any atom is 0.225 e. The predicted octanol–water partition coefficient (Wildman–Crippen LogP) is 1.84. The molecule has 32 heavy (non-hydrogen) atoms. The van der Waals surface area contributed by atoms with Crippen LogP contribution in [-0.2, 0) is 27.5 Å². The van der Waals surface area contributed by atoms with Crippen LogP contribution < -0.4 is 0 Å². The van der Waals surface area contributed by atoms with Gasteiger partial charge in [-0.2, -0.15) is 0 Å². The number of aromatic nitrogens is 3. The van der Waals surface area contributed by atoms with Crippen molar-refractivity contribution >= 4 is 11.8 Å². The Morgan fingerprint density at radius 3 is 2.78 bits per heavy atom. The minimum absolute atomic E-state index is 0.0170. The monoisotopic (exact) mass is 449 g/mol. The average Bonchev–Trinajstić information content (AvgIpc) is 3.26. The van der Waals surface area contributed by atoms with E-state index in [9.17, 15) is 14.7 Å². The highest BCUT2D eigenvalue weighted by Crippen LogP contribution is 2.26. The van der Waals surface area contributed by atoms with Crippen LogP contribution in [0.4, 0.5) is 0 Å². The smallest absolute Gasteiger partial charge is 0.225 e. The second-order valence-electron chi connectivity index (χ2n) is 9.53. The van der Waals surface area contributed by atoms with Crippen LogP contribution in [0.1, 0.15) is 64.5 Å². The fraction of sp³-hybridized carbons (Fsp3) is 0.826. The van der Waals surface area contributed by atoms with Gasteiger partial charge in [0.2, 0.25) is 11.8 Å². The summed E-state index contributed by atoms with van der Waals surface area (Å²) in [7, 11) is 1.85. The van der Waals surface area contributed by atoms with Gasteiger partial charge in [-0.05, 0) is 26.2 Å². The van der Waals surface area contributed by atoms with Crippen LogP contribution in [0, 0.1) is 11.8 Å². The number of aryl methyl sites for hydroxylation is 1. The van der Waals surface area contributed by atoms with E-state index in [1.165, 1.54) is 6.42 Å². The lowest BCUT2D eigenvalue weighted by atomic mass is 9.88. The quantitative estimate of drug-likeness (QED) is 0.736. The molecule has 3 atom stereocenters. The fourth-order valence-electron chi connectivity index (χ4n) is 4.71. The number of ether oxygens (including phenoxy) is 1. The van der Waals surface area contributed by atoms with E-state index in [0.29, 0.717) is 39.1 Å². The first-order chi connectivity index (χ1) is 15.4. The largest absolute Gasteiger partial charge is 0.394 e. The van der Waals surface area contributed by atoms with Gasteiger partial charge in [0.1, 0.15) is 5.69 Å². The van der Waals surface area contributed by atoms with Crippen molar-refractivity contribution in [3.63, 3.8) is 0 Å². The van der Waals surface area contributed by atoms with Crippen LogP contribution in [0.5, 0.6) is 0 Å². The van der Waals surface area contributed by atoms with Crippen molar-refractivity contribution in [2.24, 2.45) is 11.8 Å². The molecule has 0 unspecified atom stereocenters. The molecule has 180 valence electrons. The number of likely N-dealkylation sites (N-methyl/N-ethyl adjacent to an activating group) is 1. The lowest BCUT2D eigenvalue weighted by Crippen LogP contribution is -2.48. The molecular formula is C23H39N5O4. The van der Waals surface area contributed by atoms with E-state index in [1.807, 2.05) is 27.1 Å². The third-order valence-electron chi connectivity index (χ3n) is 6.83. The number of fused-ring (bicyclic) bond motifs is 2. The van der Waals surface area contributed by atoms with Gasteiger partial charge in [0.25, 0.3) is 0 Å². The van der Waals surface area contributed by atoms with Crippen LogP contribution in [0.2, 0.25) is 0 Å². The lowest BCUT2D eigenvalue weighted by molar-refractivity contribution is -0.140. The van der Waals surface area contributed by atoms with Crippen molar-refractivity contribution in [2.45, 2.75) is 84.1 Å². The molecule has 1 N–H and O–H groups in total. The summed E-state index contributed by atoms with van der Waals surface area (Å²) in [5, 5.41) is 18.0. The first-order valence-corrected chi connectivity index (χ1v) is 12.0. The van der Waals surface area contributed by atoms with Gasteiger partial charge in [-0.3, -0.25) is 14.3 Å². The average molecular weight is 450 g/mol. The highest BCUT2D eigenvalue weighted by Gasteiger charge is 2.30. The van der Waals surface area contributed by atoms with Gasteiger partial charge in [0.15, 0.2) is 0 Å². The predicted molar refractivity (Wildman–Crippen MR) is 119 cm³/mol. The third-order valence-corrected chi connectivity index (χ3v) is 6.83. The minimum atomic E-state index is -0.269. The molecule has 2 amide bonds. The van der Waals surface area contributed by atoms with Crippen LogP contribution in [-0.4, -0.2) is 80.6 Å². The van der Waals surface area contributed by atoms with E-state index in [-0.39, 0.29) is 42.4 Å². The first-order valence-electron chi connectivity index (χ1n) is 12.0. The van der Waals surface area contributed by atoms with E-state index in [0.717, 1.165) is 31.4 Å². The molecule has 0 spiro atoms. The SMILES string of the molecule is C[C@@H]1CN([C@H](C)CO)C(=O)CCCn2cc(nn2)CO[C@@H]1CN(C)C(=O)C1CCCCC1. The molecule has 1 aliphatic carbocycles. The van der Waals surface area contributed by atoms with Gasteiger partial charge in [-0.25, -0.2) is 0 Å². The molecule has 9 nitrogen and oxygen atoms in total. The van der Waals surface area contributed by atoms with Crippen LogP contribution >= 0.6 is 0 Å². The van der Waals surface area contributed by atoms with Crippen molar-refractivity contribution in [1.82, 2.24) is 24.8 Å². The van der Waals surface area contributed by atoms with E-state index < -0.39 is 0 Å². The second kappa shape index (κ2) is 11.7. The maximum atomic E-state index is 13.0. The van der Waals surface area contributed by atoms with Gasteiger partial charge in [-0.15, -0.1) is 5.10 Å². The zero-order valence-electron chi connectivity index (χ0n) is 19.8. The number of carbonyl (C=O) groups is 2. The fourth-order valence-corrected chi connectivity index (χ4v) is 4.71.